The summed E-state index contributed by atoms with van der Waals surface area (Å²) in [5.41, 5.74) is 3.83. The topological polar surface area (TPSA) is 58.4 Å². The third kappa shape index (κ3) is 4.79. The fourth-order valence-electron chi connectivity index (χ4n) is 2.78. The first-order valence-corrected chi connectivity index (χ1v) is 8.78. The van der Waals surface area contributed by atoms with Gasteiger partial charge in [-0.15, -0.1) is 0 Å². The van der Waals surface area contributed by atoms with Crippen molar-refractivity contribution < 1.29 is 9.90 Å². The first-order chi connectivity index (χ1) is 12.1. The third-order valence-electron chi connectivity index (χ3n) is 4.20. The molecule has 1 aromatic heterocycles. The van der Waals surface area contributed by atoms with Crippen molar-refractivity contribution >= 4 is 12.0 Å². The largest absolute Gasteiger partial charge is 0.395 e. The molecule has 5 nitrogen and oxygen atoms in total. The van der Waals surface area contributed by atoms with Crippen LogP contribution in [-0.4, -0.2) is 45.4 Å². The van der Waals surface area contributed by atoms with Crippen molar-refractivity contribution in [1.82, 2.24) is 14.7 Å². The van der Waals surface area contributed by atoms with Gasteiger partial charge < -0.3 is 10.0 Å². The van der Waals surface area contributed by atoms with E-state index in [4.69, 9.17) is 5.11 Å². The molecule has 5 heteroatoms. The SMILES string of the molecule is CCCCN(CCO)C(=O)/C=C/c1c(C)nn(-c2ccccc2)c1C. The van der Waals surface area contributed by atoms with Crippen LogP contribution in [0.1, 0.15) is 36.7 Å². The first-order valence-electron chi connectivity index (χ1n) is 8.78. The zero-order chi connectivity index (χ0) is 18.2. The number of amides is 1. The molecule has 0 aliphatic rings. The second kappa shape index (κ2) is 9.18. The number of aryl methyl sites for hydroxylation is 1. The van der Waals surface area contributed by atoms with Crippen molar-refractivity contribution in [1.29, 1.82) is 0 Å². The number of rotatable bonds is 8. The van der Waals surface area contributed by atoms with Crippen LogP contribution < -0.4 is 0 Å². The Hall–Kier alpha value is -2.40. The lowest BCUT2D eigenvalue weighted by Gasteiger charge is -2.19. The number of carbonyl (C=O) groups excluding carboxylic acids is 1. The van der Waals surface area contributed by atoms with E-state index in [2.05, 4.69) is 12.0 Å². The van der Waals surface area contributed by atoms with Gasteiger partial charge in [-0.1, -0.05) is 31.5 Å². The van der Waals surface area contributed by atoms with E-state index < -0.39 is 0 Å². The number of benzene rings is 1. The maximum absolute atomic E-state index is 12.4. The minimum atomic E-state index is -0.0752. The molecule has 134 valence electrons. The van der Waals surface area contributed by atoms with Gasteiger partial charge in [-0.3, -0.25) is 4.79 Å². The van der Waals surface area contributed by atoms with Gasteiger partial charge in [0.1, 0.15) is 0 Å². The van der Waals surface area contributed by atoms with Crippen molar-refractivity contribution in [3.05, 3.63) is 53.4 Å². The minimum absolute atomic E-state index is 0.0205. The van der Waals surface area contributed by atoms with Crippen LogP contribution in [0.15, 0.2) is 36.4 Å². The Bertz CT molecular complexity index is 720. The second-order valence-corrected chi connectivity index (χ2v) is 6.07. The van der Waals surface area contributed by atoms with Gasteiger partial charge >= 0.3 is 0 Å². The second-order valence-electron chi connectivity index (χ2n) is 6.07. The monoisotopic (exact) mass is 341 g/mol. The van der Waals surface area contributed by atoms with Crippen LogP contribution in [0.25, 0.3) is 11.8 Å². The number of hydrogen-bond acceptors (Lipinski definition) is 3. The fraction of sp³-hybridized carbons (Fsp3) is 0.400. The molecule has 2 rings (SSSR count). The molecule has 0 spiro atoms. The van der Waals surface area contributed by atoms with Crippen LogP contribution in [0, 0.1) is 13.8 Å². The normalized spacial score (nSPS) is 11.2. The maximum atomic E-state index is 12.4. The van der Waals surface area contributed by atoms with E-state index in [1.807, 2.05) is 54.9 Å². The quantitative estimate of drug-likeness (QED) is 0.751. The van der Waals surface area contributed by atoms with Crippen LogP contribution in [0.3, 0.4) is 0 Å². The zero-order valence-electron chi connectivity index (χ0n) is 15.3. The van der Waals surface area contributed by atoms with Gasteiger partial charge in [-0.25, -0.2) is 4.68 Å². The number of aliphatic hydroxyl groups excluding tert-OH is 1. The van der Waals surface area contributed by atoms with E-state index in [9.17, 15) is 4.79 Å². The highest BCUT2D eigenvalue weighted by molar-refractivity contribution is 5.92. The van der Waals surface area contributed by atoms with Gasteiger partial charge in [0.15, 0.2) is 0 Å². The fourth-order valence-corrected chi connectivity index (χ4v) is 2.78. The molecule has 0 atom stereocenters. The van der Waals surface area contributed by atoms with Gasteiger partial charge in [0.2, 0.25) is 5.91 Å². The van der Waals surface area contributed by atoms with E-state index in [0.717, 1.165) is 35.5 Å². The van der Waals surface area contributed by atoms with Crippen LogP contribution in [0.2, 0.25) is 0 Å². The average molecular weight is 341 g/mol. The number of para-hydroxylation sites is 1. The number of unbranched alkanes of at least 4 members (excludes halogenated alkanes) is 1. The van der Waals surface area contributed by atoms with Crippen LogP contribution in [-0.2, 0) is 4.79 Å². The molecule has 2 aromatic rings. The Labute approximate surface area is 149 Å². The van der Waals surface area contributed by atoms with Crippen molar-refractivity contribution in [3.8, 4) is 5.69 Å². The molecular weight excluding hydrogens is 314 g/mol. The maximum Gasteiger partial charge on any atom is 0.246 e. The molecule has 1 amide bonds. The number of aromatic nitrogens is 2. The smallest absolute Gasteiger partial charge is 0.246 e. The van der Waals surface area contributed by atoms with Gasteiger partial charge in [0.25, 0.3) is 0 Å². The molecule has 1 aromatic carbocycles. The predicted molar refractivity (Wildman–Crippen MR) is 101 cm³/mol. The summed E-state index contributed by atoms with van der Waals surface area (Å²) in [7, 11) is 0. The summed E-state index contributed by atoms with van der Waals surface area (Å²) >= 11 is 0. The van der Waals surface area contributed by atoms with Crippen molar-refractivity contribution in [3.63, 3.8) is 0 Å². The zero-order valence-corrected chi connectivity index (χ0v) is 15.3. The Morgan fingerprint density at radius 3 is 2.60 bits per heavy atom. The lowest BCUT2D eigenvalue weighted by molar-refractivity contribution is -0.126. The molecule has 0 aliphatic heterocycles. The summed E-state index contributed by atoms with van der Waals surface area (Å²) in [6.45, 7) is 7.04. The Balaban J connectivity index is 2.20. The summed E-state index contributed by atoms with van der Waals surface area (Å²) in [5, 5.41) is 13.7. The molecule has 0 unspecified atom stereocenters. The lowest BCUT2D eigenvalue weighted by atomic mass is 10.1. The van der Waals surface area contributed by atoms with Crippen molar-refractivity contribution in [2.24, 2.45) is 0 Å². The van der Waals surface area contributed by atoms with Gasteiger partial charge in [-0.2, -0.15) is 5.10 Å². The number of aliphatic hydroxyl groups is 1. The van der Waals surface area contributed by atoms with E-state index in [-0.39, 0.29) is 12.5 Å². The molecule has 0 saturated carbocycles. The Kier molecular flexibility index (Phi) is 6.95. The lowest BCUT2D eigenvalue weighted by Crippen LogP contribution is -2.33. The molecule has 1 heterocycles. The highest BCUT2D eigenvalue weighted by Gasteiger charge is 2.13. The molecule has 0 aliphatic carbocycles. The molecule has 25 heavy (non-hydrogen) atoms. The van der Waals surface area contributed by atoms with Gasteiger partial charge in [0, 0.05) is 30.4 Å². The Morgan fingerprint density at radius 2 is 1.96 bits per heavy atom. The predicted octanol–water partition coefficient (Wildman–Crippen LogP) is 3.12. The van der Waals surface area contributed by atoms with E-state index in [1.54, 1.807) is 11.0 Å². The highest BCUT2D eigenvalue weighted by atomic mass is 16.3. The highest BCUT2D eigenvalue weighted by Crippen LogP contribution is 2.19. The standard InChI is InChI=1S/C20H27N3O2/c1-4-5-13-22(14-15-24)20(25)12-11-19-16(2)21-23(17(19)3)18-9-7-6-8-10-18/h6-12,24H,4-5,13-15H2,1-3H3/b12-11+. The summed E-state index contributed by atoms with van der Waals surface area (Å²) < 4.78 is 1.89. The molecule has 0 fully saturated rings. The van der Waals surface area contributed by atoms with Crippen LogP contribution in [0.5, 0.6) is 0 Å². The molecule has 0 saturated heterocycles. The Morgan fingerprint density at radius 1 is 1.24 bits per heavy atom. The number of hydrogen-bond donors (Lipinski definition) is 1. The summed E-state index contributed by atoms with van der Waals surface area (Å²) in [6.07, 6.45) is 5.36. The van der Waals surface area contributed by atoms with Gasteiger partial charge in [-0.05, 0) is 38.5 Å². The summed E-state index contributed by atoms with van der Waals surface area (Å²) in [5.74, 6) is -0.0752. The molecule has 1 N–H and O–H groups in total. The van der Waals surface area contributed by atoms with Crippen LogP contribution >= 0.6 is 0 Å². The van der Waals surface area contributed by atoms with Gasteiger partial charge in [0.05, 0.1) is 18.0 Å². The molecule has 0 radical (unpaired) electrons. The van der Waals surface area contributed by atoms with E-state index in [1.165, 1.54) is 0 Å². The summed E-state index contributed by atoms with van der Waals surface area (Å²) in [6, 6.07) is 9.94. The number of carbonyl (C=O) groups is 1. The molecular formula is C20H27N3O2. The third-order valence-corrected chi connectivity index (χ3v) is 4.20. The van der Waals surface area contributed by atoms with E-state index >= 15 is 0 Å². The van der Waals surface area contributed by atoms with Crippen molar-refractivity contribution in [2.75, 3.05) is 19.7 Å². The molecule has 0 bridgehead atoms. The van der Waals surface area contributed by atoms with Crippen molar-refractivity contribution in [2.45, 2.75) is 33.6 Å². The minimum Gasteiger partial charge on any atom is -0.395 e. The average Bonchev–Trinajstić information content (AvgIpc) is 2.91. The summed E-state index contributed by atoms with van der Waals surface area (Å²) in [4.78, 5) is 14.1. The number of nitrogens with zero attached hydrogens (tertiary/aromatic N) is 3. The van der Waals surface area contributed by atoms with Crippen LogP contribution in [0.4, 0.5) is 0 Å². The first kappa shape index (κ1) is 18.9. The van der Waals surface area contributed by atoms with E-state index in [0.29, 0.717) is 13.1 Å².